The molecule has 29 heavy (non-hydrogen) atoms. The zero-order chi connectivity index (χ0) is 20.4. The fourth-order valence-electron chi connectivity index (χ4n) is 3.10. The van der Waals surface area contributed by atoms with Crippen LogP contribution < -0.4 is 5.32 Å². The van der Waals surface area contributed by atoms with Crippen molar-refractivity contribution in [1.29, 1.82) is 0 Å². The van der Waals surface area contributed by atoms with Crippen LogP contribution in [-0.4, -0.2) is 31.4 Å². The van der Waals surface area contributed by atoms with E-state index < -0.39 is 0 Å². The summed E-state index contributed by atoms with van der Waals surface area (Å²) in [6.45, 7) is 6.69. The Labute approximate surface area is 177 Å². The SMILES string of the molecule is Cc1cc(NC(=O)CSc2ncnc3sc(C)c(C)c23)n(Cc2ccccc2)n1. The van der Waals surface area contributed by atoms with Crippen molar-refractivity contribution in [3.05, 3.63) is 64.4 Å². The van der Waals surface area contributed by atoms with Crippen LogP contribution in [0.15, 0.2) is 47.8 Å². The molecule has 0 spiro atoms. The van der Waals surface area contributed by atoms with E-state index in [9.17, 15) is 4.79 Å². The lowest BCUT2D eigenvalue weighted by atomic mass is 10.2. The highest BCUT2D eigenvalue weighted by Gasteiger charge is 2.15. The third kappa shape index (κ3) is 4.33. The molecule has 0 saturated heterocycles. The Balaban J connectivity index is 1.46. The zero-order valence-corrected chi connectivity index (χ0v) is 18.1. The van der Waals surface area contributed by atoms with Gasteiger partial charge in [-0.15, -0.1) is 11.3 Å². The van der Waals surface area contributed by atoms with E-state index in [0.29, 0.717) is 12.4 Å². The number of nitrogens with zero attached hydrogens (tertiary/aromatic N) is 4. The van der Waals surface area contributed by atoms with Gasteiger partial charge in [-0.25, -0.2) is 14.6 Å². The number of carbonyl (C=O) groups excluding carboxylic acids is 1. The third-order valence-corrected chi connectivity index (χ3v) is 6.72. The number of hydrogen-bond acceptors (Lipinski definition) is 6. The smallest absolute Gasteiger partial charge is 0.235 e. The summed E-state index contributed by atoms with van der Waals surface area (Å²) in [6, 6.07) is 12.0. The maximum Gasteiger partial charge on any atom is 0.235 e. The van der Waals surface area contributed by atoms with E-state index in [1.807, 2.05) is 48.0 Å². The summed E-state index contributed by atoms with van der Waals surface area (Å²) in [5.41, 5.74) is 3.18. The summed E-state index contributed by atoms with van der Waals surface area (Å²) in [7, 11) is 0. The molecule has 0 aliphatic rings. The van der Waals surface area contributed by atoms with Crippen LogP contribution >= 0.6 is 23.1 Å². The van der Waals surface area contributed by atoms with Gasteiger partial charge in [-0.05, 0) is 31.9 Å². The normalized spacial score (nSPS) is 11.1. The molecule has 0 aliphatic carbocycles. The van der Waals surface area contributed by atoms with Gasteiger partial charge in [0.25, 0.3) is 0 Å². The van der Waals surface area contributed by atoms with Crippen LogP contribution in [0.1, 0.15) is 21.7 Å². The van der Waals surface area contributed by atoms with Crippen molar-refractivity contribution in [1.82, 2.24) is 19.7 Å². The van der Waals surface area contributed by atoms with Gasteiger partial charge in [0.1, 0.15) is 22.0 Å². The van der Waals surface area contributed by atoms with Crippen LogP contribution in [0.4, 0.5) is 5.82 Å². The fourth-order valence-corrected chi connectivity index (χ4v) is 5.01. The molecule has 0 fully saturated rings. The number of aryl methyl sites for hydroxylation is 3. The minimum absolute atomic E-state index is 0.0828. The summed E-state index contributed by atoms with van der Waals surface area (Å²) in [5, 5.41) is 9.40. The van der Waals surface area contributed by atoms with Crippen molar-refractivity contribution in [3.8, 4) is 0 Å². The molecule has 0 bridgehead atoms. The molecule has 0 radical (unpaired) electrons. The van der Waals surface area contributed by atoms with Crippen LogP contribution in [-0.2, 0) is 11.3 Å². The minimum Gasteiger partial charge on any atom is -0.310 e. The quantitative estimate of drug-likeness (QED) is 0.363. The molecule has 4 rings (SSSR count). The fraction of sp³-hybridized carbons (Fsp3) is 0.238. The van der Waals surface area contributed by atoms with Crippen molar-refractivity contribution in [2.45, 2.75) is 32.3 Å². The first-order chi connectivity index (χ1) is 14.0. The van der Waals surface area contributed by atoms with E-state index in [4.69, 9.17) is 0 Å². The summed E-state index contributed by atoms with van der Waals surface area (Å²) in [5.74, 6) is 0.892. The van der Waals surface area contributed by atoms with Crippen LogP contribution in [0.3, 0.4) is 0 Å². The molecule has 6 nitrogen and oxygen atoms in total. The summed E-state index contributed by atoms with van der Waals surface area (Å²) < 4.78 is 1.82. The Morgan fingerprint density at radius 3 is 2.76 bits per heavy atom. The molecule has 4 aromatic rings. The topological polar surface area (TPSA) is 72.7 Å². The minimum atomic E-state index is -0.0828. The Bertz CT molecular complexity index is 1170. The van der Waals surface area contributed by atoms with Crippen molar-refractivity contribution >= 4 is 45.0 Å². The highest BCUT2D eigenvalue weighted by molar-refractivity contribution is 8.00. The molecule has 3 heterocycles. The van der Waals surface area contributed by atoms with E-state index in [0.717, 1.165) is 26.5 Å². The van der Waals surface area contributed by atoms with Gasteiger partial charge in [0.05, 0.1) is 18.0 Å². The molecule has 1 N–H and O–H groups in total. The van der Waals surface area contributed by atoms with Crippen LogP contribution in [0.2, 0.25) is 0 Å². The highest BCUT2D eigenvalue weighted by Crippen LogP contribution is 2.34. The number of carbonyl (C=O) groups is 1. The number of thiophene rings is 1. The Kier molecular flexibility index (Phi) is 5.64. The predicted molar refractivity (Wildman–Crippen MR) is 119 cm³/mol. The number of nitrogens with one attached hydrogen (secondary N) is 1. The maximum absolute atomic E-state index is 12.6. The van der Waals surface area contributed by atoms with Gasteiger partial charge in [0, 0.05) is 16.3 Å². The second-order valence-corrected chi connectivity index (χ2v) is 8.96. The first kappa shape index (κ1) is 19.6. The van der Waals surface area contributed by atoms with Crippen molar-refractivity contribution in [3.63, 3.8) is 0 Å². The van der Waals surface area contributed by atoms with Gasteiger partial charge in [-0.2, -0.15) is 5.10 Å². The molecular weight excluding hydrogens is 402 g/mol. The Morgan fingerprint density at radius 1 is 1.17 bits per heavy atom. The van der Waals surface area contributed by atoms with E-state index in [-0.39, 0.29) is 11.7 Å². The summed E-state index contributed by atoms with van der Waals surface area (Å²) in [6.07, 6.45) is 1.57. The van der Waals surface area contributed by atoms with Gasteiger partial charge >= 0.3 is 0 Å². The van der Waals surface area contributed by atoms with E-state index in [2.05, 4.69) is 34.2 Å². The Morgan fingerprint density at radius 2 is 1.97 bits per heavy atom. The number of anilines is 1. The van der Waals surface area contributed by atoms with Crippen molar-refractivity contribution in [2.75, 3.05) is 11.1 Å². The second kappa shape index (κ2) is 8.34. The summed E-state index contributed by atoms with van der Waals surface area (Å²) in [4.78, 5) is 23.6. The average molecular weight is 424 g/mol. The third-order valence-electron chi connectivity index (χ3n) is 4.62. The Hall–Kier alpha value is -2.71. The van der Waals surface area contributed by atoms with Crippen molar-refractivity contribution in [2.24, 2.45) is 0 Å². The molecular formula is C21H21N5OS2. The number of thioether (sulfide) groups is 1. The lowest BCUT2D eigenvalue weighted by Gasteiger charge is -2.09. The van der Waals surface area contributed by atoms with Gasteiger partial charge in [0.2, 0.25) is 5.91 Å². The number of fused-ring (bicyclic) bond motifs is 1. The van der Waals surface area contributed by atoms with Gasteiger partial charge < -0.3 is 5.32 Å². The lowest BCUT2D eigenvalue weighted by Crippen LogP contribution is -2.18. The van der Waals surface area contributed by atoms with Gasteiger partial charge in [0.15, 0.2) is 0 Å². The van der Waals surface area contributed by atoms with Gasteiger partial charge in [-0.3, -0.25) is 4.79 Å². The van der Waals surface area contributed by atoms with Gasteiger partial charge in [-0.1, -0.05) is 42.1 Å². The molecule has 0 saturated carbocycles. The molecule has 1 aromatic carbocycles. The zero-order valence-electron chi connectivity index (χ0n) is 16.5. The molecule has 3 aromatic heterocycles. The number of benzene rings is 1. The van der Waals surface area contributed by atoms with Crippen LogP contribution in [0, 0.1) is 20.8 Å². The van der Waals surface area contributed by atoms with Crippen LogP contribution in [0.5, 0.6) is 0 Å². The first-order valence-corrected chi connectivity index (χ1v) is 11.0. The number of hydrogen-bond donors (Lipinski definition) is 1. The van der Waals surface area contributed by atoms with Crippen LogP contribution in [0.25, 0.3) is 10.2 Å². The molecule has 0 unspecified atom stereocenters. The maximum atomic E-state index is 12.6. The predicted octanol–water partition coefficient (Wildman–Crippen LogP) is 4.59. The van der Waals surface area contributed by atoms with E-state index in [1.54, 1.807) is 17.7 Å². The monoisotopic (exact) mass is 423 g/mol. The van der Waals surface area contributed by atoms with E-state index in [1.165, 1.54) is 22.2 Å². The largest absolute Gasteiger partial charge is 0.310 e. The first-order valence-electron chi connectivity index (χ1n) is 9.23. The molecule has 0 atom stereocenters. The number of rotatable bonds is 6. The molecule has 0 aliphatic heterocycles. The van der Waals surface area contributed by atoms with Crippen molar-refractivity contribution < 1.29 is 4.79 Å². The average Bonchev–Trinajstić information content (AvgIpc) is 3.19. The summed E-state index contributed by atoms with van der Waals surface area (Å²) >= 11 is 3.09. The number of amides is 1. The highest BCUT2D eigenvalue weighted by atomic mass is 32.2. The lowest BCUT2D eigenvalue weighted by molar-refractivity contribution is -0.113. The standard InChI is InChI=1S/C21H21N5OS2/c1-13-9-17(26(25-13)10-16-7-5-4-6-8-16)24-18(27)11-28-20-19-14(2)15(3)29-21(19)23-12-22-20/h4-9,12H,10-11H2,1-3H3,(H,24,27). The molecule has 148 valence electrons. The number of aromatic nitrogens is 4. The molecule has 8 heteroatoms. The van der Waals surface area contributed by atoms with E-state index >= 15 is 0 Å². The second-order valence-electron chi connectivity index (χ2n) is 6.79. The molecule has 1 amide bonds.